The van der Waals surface area contributed by atoms with E-state index in [1.807, 2.05) is 52.2 Å². The maximum absolute atomic E-state index is 12.8. The molecule has 210 valence electrons. The number of guanidine groups is 1. The maximum atomic E-state index is 12.8. The lowest BCUT2D eigenvalue weighted by molar-refractivity contribution is -0.144. The fraction of sp³-hybridized carbons (Fsp3) is 0.556. The number of allylic oxidation sites excluding steroid dienone is 1. The zero-order chi connectivity index (χ0) is 28.1. The third-order valence-corrected chi connectivity index (χ3v) is 6.52. The van der Waals surface area contributed by atoms with Crippen LogP contribution in [0.2, 0.25) is 0 Å². The molecule has 0 aromatic heterocycles. The van der Waals surface area contributed by atoms with Crippen LogP contribution in [0.15, 0.2) is 46.0 Å². The molecule has 11 nitrogen and oxygen atoms in total. The predicted molar refractivity (Wildman–Crippen MR) is 152 cm³/mol. The van der Waals surface area contributed by atoms with Crippen LogP contribution in [0.25, 0.3) is 0 Å². The van der Waals surface area contributed by atoms with Crippen molar-refractivity contribution in [3.05, 3.63) is 41.6 Å². The standard InChI is InChI=1S/C27H44N8O3/c1-20(15-28)21(2)31-27(29)32-24-9-6-8-23(14-24)16-34-12-13-35(25(17-34)19-38-22(3)36)18-26(37)33(5)11-7-10-30-4/h6,8-9,14-15,25,30H,7,10-13,16-19,28H2,1-5H3,(H2,29,32)/b20-15+,31-21?. The van der Waals surface area contributed by atoms with Crippen LogP contribution in [0.4, 0.5) is 5.69 Å². The van der Waals surface area contributed by atoms with E-state index in [9.17, 15) is 9.59 Å². The molecule has 1 aliphatic rings. The molecule has 1 unspecified atom stereocenters. The number of nitrogens with one attached hydrogen (secondary N) is 1. The van der Waals surface area contributed by atoms with E-state index >= 15 is 0 Å². The molecule has 0 aliphatic carbocycles. The number of nitrogens with two attached hydrogens (primary N) is 2. The summed E-state index contributed by atoms with van der Waals surface area (Å²) in [4.78, 5) is 39.2. The minimum absolute atomic E-state index is 0.0700. The first kappa shape index (κ1) is 30.9. The van der Waals surface area contributed by atoms with Crippen LogP contribution in [0.1, 0.15) is 32.8 Å². The Hall–Kier alpha value is -3.28. The van der Waals surface area contributed by atoms with Crippen LogP contribution in [0.3, 0.4) is 0 Å². The van der Waals surface area contributed by atoms with E-state index in [2.05, 4.69) is 25.1 Å². The van der Waals surface area contributed by atoms with Gasteiger partial charge in [-0.05, 0) is 63.3 Å². The molecule has 1 fully saturated rings. The van der Waals surface area contributed by atoms with Gasteiger partial charge in [-0.15, -0.1) is 0 Å². The molecule has 5 N–H and O–H groups in total. The molecule has 1 heterocycles. The van der Waals surface area contributed by atoms with Crippen molar-refractivity contribution in [2.75, 3.05) is 60.0 Å². The molecule has 0 radical (unpaired) electrons. The number of hydrogen-bond acceptors (Lipinski definition) is 8. The third kappa shape index (κ3) is 10.6. The summed E-state index contributed by atoms with van der Waals surface area (Å²) in [5.74, 6) is -0.0900. The van der Waals surface area contributed by atoms with E-state index in [-0.39, 0.29) is 30.5 Å². The second kappa shape index (κ2) is 15.9. The van der Waals surface area contributed by atoms with Crippen molar-refractivity contribution in [2.24, 2.45) is 21.5 Å². The van der Waals surface area contributed by atoms with E-state index < -0.39 is 0 Å². The number of carbonyl (C=O) groups is 2. The van der Waals surface area contributed by atoms with Gasteiger partial charge in [0.05, 0.1) is 18.3 Å². The summed E-state index contributed by atoms with van der Waals surface area (Å²) in [5, 5.41) is 3.10. The summed E-state index contributed by atoms with van der Waals surface area (Å²) < 4.78 is 5.35. The Morgan fingerprint density at radius 1 is 1.26 bits per heavy atom. The lowest BCUT2D eigenvalue weighted by atomic mass is 10.1. The van der Waals surface area contributed by atoms with Gasteiger partial charge in [-0.1, -0.05) is 12.1 Å². The van der Waals surface area contributed by atoms with Gasteiger partial charge < -0.3 is 26.4 Å². The highest BCUT2D eigenvalue weighted by atomic mass is 16.5. The van der Waals surface area contributed by atoms with Gasteiger partial charge in [-0.25, -0.2) is 9.98 Å². The Labute approximate surface area is 226 Å². The normalized spacial score (nSPS) is 17.9. The molecular formula is C27H44N8O3. The fourth-order valence-corrected chi connectivity index (χ4v) is 4.11. The minimum Gasteiger partial charge on any atom is -0.464 e. The second-order valence-corrected chi connectivity index (χ2v) is 9.62. The van der Waals surface area contributed by atoms with Gasteiger partial charge in [0.15, 0.2) is 0 Å². The van der Waals surface area contributed by atoms with Crippen molar-refractivity contribution in [3.63, 3.8) is 0 Å². The number of piperazine rings is 1. The Bertz CT molecular complexity index is 1020. The van der Waals surface area contributed by atoms with Crippen molar-refractivity contribution in [3.8, 4) is 0 Å². The minimum atomic E-state index is -0.323. The summed E-state index contributed by atoms with van der Waals surface area (Å²) in [6, 6.07) is 7.78. The Balaban J connectivity index is 2.05. The van der Waals surface area contributed by atoms with E-state index in [4.69, 9.17) is 16.2 Å². The number of rotatable bonds is 12. The molecule has 11 heteroatoms. The quantitative estimate of drug-likeness (QED) is 0.158. The van der Waals surface area contributed by atoms with E-state index in [0.29, 0.717) is 44.1 Å². The van der Waals surface area contributed by atoms with Gasteiger partial charge in [-0.2, -0.15) is 0 Å². The number of benzene rings is 1. The highest BCUT2D eigenvalue weighted by Crippen LogP contribution is 2.19. The number of hydrogen-bond donors (Lipinski definition) is 3. The molecule has 0 spiro atoms. The summed E-state index contributed by atoms with van der Waals surface area (Å²) in [6.07, 6.45) is 2.38. The van der Waals surface area contributed by atoms with Crippen molar-refractivity contribution >= 4 is 29.2 Å². The van der Waals surface area contributed by atoms with Crippen molar-refractivity contribution in [1.82, 2.24) is 20.0 Å². The van der Waals surface area contributed by atoms with Gasteiger partial charge in [-0.3, -0.25) is 19.4 Å². The van der Waals surface area contributed by atoms with E-state index in [0.717, 1.165) is 30.6 Å². The topological polar surface area (TPSA) is 142 Å². The molecule has 1 aromatic rings. The zero-order valence-corrected chi connectivity index (χ0v) is 23.4. The smallest absolute Gasteiger partial charge is 0.302 e. The number of esters is 1. The molecule has 1 aliphatic heterocycles. The average molecular weight is 529 g/mol. The average Bonchev–Trinajstić information content (AvgIpc) is 2.88. The molecule has 1 saturated heterocycles. The van der Waals surface area contributed by atoms with Crippen LogP contribution >= 0.6 is 0 Å². The third-order valence-electron chi connectivity index (χ3n) is 6.52. The van der Waals surface area contributed by atoms with E-state index in [1.54, 1.807) is 4.90 Å². The van der Waals surface area contributed by atoms with Crippen LogP contribution in [-0.4, -0.2) is 104 Å². The van der Waals surface area contributed by atoms with Crippen LogP contribution in [0, 0.1) is 0 Å². The zero-order valence-electron chi connectivity index (χ0n) is 23.4. The van der Waals surface area contributed by atoms with Gasteiger partial charge >= 0.3 is 5.97 Å². The number of amides is 1. The Kier molecular flexibility index (Phi) is 12.9. The lowest BCUT2D eigenvalue weighted by Crippen LogP contribution is -2.57. The number of nitrogens with zero attached hydrogens (tertiary/aromatic N) is 5. The van der Waals surface area contributed by atoms with Gasteiger partial charge in [0.1, 0.15) is 6.61 Å². The lowest BCUT2D eigenvalue weighted by Gasteiger charge is -2.41. The predicted octanol–water partition coefficient (Wildman–Crippen LogP) is 1.07. The highest BCUT2D eigenvalue weighted by Gasteiger charge is 2.30. The molecule has 1 amide bonds. The van der Waals surface area contributed by atoms with Crippen LogP contribution in [-0.2, 0) is 20.9 Å². The highest BCUT2D eigenvalue weighted by molar-refractivity contribution is 6.05. The van der Waals surface area contributed by atoms with Crippen molar-refractivity contribution < 1.29 is 14.3 Å². The van der Waals surface area contributed by atoms with E-state index in [1.165, 1.54) is 13.1 Å². The number of aliphatic imine (C=N–C) groups is 2. The fourth-order valence-electron chi connectivity index (χ4n) is 4.11. The molecule has 2 rings (SSSR count). The summed E-state index contributed by atoms with van der Waals surface area (Å²) in [7, 11) is 3.74. The monoisotopic (exact) mass is 528 g/mol. The summed E-state index contributed by atoms with van der Waals surface area (Å²) >= 11 is 0. The number of ether oxygens (including phenoxy) is 1. The number of likely N-dealkylation sites (N-methyl/N-ethyl adjacent to an activating group) is 1. The molecule has 0 bridgehead atoms. The van der Waals surface area contributed by atoms with Crippen LogP contribution in [0.5, 0.6) is 0 Å². The molecule has 1 atom stereocenters. The number of carbonyl (C=O) groups excluding carboxylic acids is 2. The largest absolute Gasteiger partial charge is 0.464 e. The molecule has 0 saturated carbocycles. The summed E-state index contributed by atoms with van der Waals surface area (Å²) in [5.41, 5.74) is 14.9. The Morgan fingerprint density at radius 3 is 2.71 bits per heavy atom. The molecule has 38 heavy (non-hydrogen) atoms. The first-order valence-corrected chi connectivity index (χ1v) is 13.0. The van der Waals surface area contributed by atoms with Crippen molar-refractivity contribution in [2.45, 2.75) is 39.8 Å². The van der Waals surface area contributed by atoms with Gasteiger partial charge in [0.25, 0.3) is 0 Å². The summed E-state index contributed by atoms with van der Waals surface area (Å²) in [6.45, 7) is 10.1. The molecule has 1 aromatic carbocycles. The van der Waals surface area contributed by atoms with Crippen molar-refractivity contribution in [1.29, 1.82) is 0 Å². The second-order valence-electron chi connectivity index (χ2n) is 9.62. The first-order valence-electron chi connectivity index (χ1n) is 13.0. The maximum Gasteiger partial charge on any atom is 0.302 e. The first-order chi connectivity index (χ1) is 18.1. The SMILES string of the molecule is CNCCCN(C)C(=O)CN1CCN(Cc2cccc(N=C(N)N=C(C)/C(C)=C/N)c2)CC1COC(C)=O. The van der Waals surface area contributed by atoms with Gasteiger partial charge in [0, 0.05) is 52.4 Å². The molecular weight excluding hydrogens is 484 g/mol. The van der Waals surface area contributed by atoms with Crippen LogP contribution < -0.4 is 16.8 Å². The van der Waals surface area contributed by atoms with Gasteiger partial charge in [0.2, 0.25) is 11.9 Å². The Morgan fingerprint density at radius 2 is 2.03 bits per heavy atom.